The lowest BCUT2D eigenvalue weighted by molar-refractivity contribution is -0.148. The molecular formula is C36H34N4O3. The highest BCUT2D eigenvalue weighted by Crippen LogP contribution is 2.33. The van der Waals surface area contributed by atoms with Crippen molar-refractivity contribution >= 4 is 39.4 Å². The number of pyridine rings is 1. The van der Waals surface area contributed by atoms with E-state index < -0.39 is 18.0 Å². The van der Waals surface area contributed by atoms with E-state index in [1.807, 2.05) is 110 Å². The molecule has 1 fully saturated rings. The van der Waals surface area contributed by atoms with Crippen LogP contribution in [-0.4, -0.2) is 51.1 Å². The number of amides is 3. The van der Waals surface area contributed by atoms with Crippen LogP contribution in [0.2, 0.25) is 0 Å². The summed E-state index contributed by atoms with van der Waals surface area (Å²) in [6.07, 6.45) is 2.69. The van der Waals surface area contributed by atoms with Crippen LogP contribution in [0.4, 0.5) is 0 Å². The molecule has 1 aromatic heterocycles. The molecule has 216 valence electrons. The zero-order valence-electron chi connectivity index (χ0n) is 24.1. The van der Waals surface area contributed by atoms with Crippen LogP contribution in [0.25, 0.3) is 21.7 Å². The lowest BCUT2D eigenvalue weighted by Gasteiger charge is -2.36. The van der Waals surface area contributed by atoms with Gasteiger partial charge in [0.2, 0.25) is 11.8 Å². The average Bonchev–Trinajstić information content (AvgIpc) is 3.15. The molecular weight excluding hydrogens is 536 g/mol. The van der Waals surface area contributed by atoms with Crippen molar-refractivity contribution in [2.45, 2.75) is 44.3 Å². The van der Waals surface area contributed by atoms with Crippen molar-refractivity contribution in [3.8, 4) is 0 Å². The van der Waals surface area contributed by atoms with Gasteiger partial charge in [-0.05, 0) is 59.0 Å². The maximum atomic E-state index is 14.5. The van der Waals surface area contributed by atoms with Crippen molar-refractivity contribution in [1.29, 1.82) is 0 Å². The minimum Gasteiger partial charge on any atom is -0.368 e. The second kappa shape index (κ2) is 12.1. The molecule has 2 N–H and O–H groups in total. The number of nitrogens with zero attached hydrogens (tertiary/aromatic N) is 3. The minimum absolute atomic E-state index is 0.140. The van der Waals surface area contributed by atoms with Crippen molar-refractivity contribution in [3.05, 3.63) is 126 Å². The van der Waals surface area contributed by atoms with Gasteiger partial charge >= 0.3 is 0 Å². The van der Waals surface area contributed by atoms with E-state index in [1.54, 1.807) is 16.0 Å². The molecule has 6 rings (SSSR count). The van der Waals surface area contributed by atoms with Gasteiger partial charge in [0.15, 0.2) is 0 Å². The molecule has 3 amide bonds. The number of carbonyl (C=O) groups excluding carboxylic acids is 3. The molecule has 3 unspecified atom stereocenters. The largest absolute Gasteiger partial charge is 0.368 e. The maximum Gasteiger partial charge on any atom is 0.250 e. The van der Waals surface area contributed by atoms with Gasteiger partial charge in [-0.2, -0.15) is 0 Å². The first-order chi connectivity index (χ1) is 20.9. The molecule has 2 heterocycles. The number of carbonyl (C=O) groups is 3. The predicted octanol–water partition coefficient (Wildman–Crippen LogP) is 5.22. The van der Waals surface area contributed by atoms with Crippen LogP contribution in [-0.2, 0) is 27.2 Å². The zero-order chi connectivity index (χ0) is 29.9. The highest BCUT2D eigenvalue weighted by molar-refractivity contribution is 5.94. The number of hydrogen-bond acceptors (Lipinski definition) is 4. The van der Waals surface area contributed by atoms with E-state index in [2.05, 4.69) is 4.98 Å². The highest BCUT2D eigenvalue weighted by atomic mass is 16.2. The fraction of sp³-hybridized carbons (Fsp3) is 0.222. The number of fused-ring (bicyclic) bond motifs is 2. The van der Waals surface area contributed by atoms with Gasteiger partial charge in [-0.25, -0.2) is 0 Å². The molecule has 0 aliphatic carbocycles. The number of rotatable bonds is 7. The molecule has 7 heteroatoms. The molecule has 0 spiro atoms. The second-order valence-corrected chi connectivity index (χ2v) is 11.3. The van der Waals surface area contributed by atoms with Crippen LogP contribution in [0.1, 0.15) is 36.1 Å². The molecule has 0 saturated carbocycles. The SMILES string of the molecule is CC1CCN(C(Cc2cccc3ccccc23)C(N)=O)C(=O)C(c2ccccc2)N1C(=O)Cc1ccc2ncccc2c1. The van der Waals surface area contributed by atoms with Crippen LogP contribution in [0.15, 0.2) is 109 Å². The van der Waals surface area contributed by atoms with E-state index in [4.69, 9.17) is 5.73 Å². The van der Waals surface area contributed by atoms with Crippen LogP contribution in [0.5, 0.6) is 0 Å². The number of nitrogens with two attached hydrogens (primary N) is 1. The van der Waals surface area contributed by atoms with Gasteiger partial charge in [-0.15, -0.1) is 0 Å². The van der Waals surface area contributed by atoms with Crippen LogP contribution >= 0.6 is 0 Å². The van der Waals surface area contributed by atoms with E-state index in [-0.39, 0.29) is 30.7 Å². The third kappa shape index (κ3) is 5.71. The lowest BCUT2D eigenvalue weighted by Crippen LogP contribution is -2.52. The molecule has 1 aliphatic heterocycles. The monoisotopic (exact) mass is 570 g/mol. The quantitative estimate of drug-likeness (QED) is 0.290. The van der Waals surface area contributed by atoms with Crippen molar-refractivity contribution in [2.75, 3.05) is 6.54 Å². The summed E-state index contributed by atoms with van der Waals surface area (Å²) in [6, 6.07) is 30.9. The number of hydrogen-bond donors (Lipinski definition) is 1. The summed E-state index contributed by atoms with van der Waals surface area (Å²) in [5.74, 6) is -1.01. The van der Waals surface area contributed by atoms with Gasteiger partial charge in [0.05, 0.1) is 11.9 Å². The number of aromatic nitrogens is 1. The Morgan fingerprint density at radius 1 is 0.907 bits per heavy atom. The van der Waals surface area contributed by atoms with E-state index in [0.717, 1.165) is 32.8 Å². The van der Waals surface area contributed by atoms with Gasteiger partial charge in [-0.1, -0.05) is 84.9 Å². The summed E-state index contributed by atoms with van der Waals surface area (Å²) in [6.45, 7) is 2.28. The first-order valence-corrected chi connectivity index (χ1v) is 14.7. The summed E-state index contributed by atoms with van der Waals surface area (Å²) in [5, 5.41) is 3.03. The molecule has 7 nitrogen and oxygen atoms in total. The van der Waals surface area contributed by atoms with Gasteiger partial charge in [0.1, 0.15) is 12.1 Å². The fourth-order valence-corrected chi connectivity index (χ4v) is 6.29. The first kappa shape index (κ1) is 28.1. The van der Waals surface area contributed by atoms with E-state index in [1.165, 1.54) is 0 Å². The van der Waals surface area contributed by atoms with E-state index in [9.17, 15) is 14.4 Å². The van der Waals surface area contributed by atoms with Gasteiger partial charge in [0, 0.05) is 30.6 Å². The Bertz CT molecular complexity index is 1800. The average molecular weight is 571 g/mol. The summed E-state index contributed by atoms with van der Waals surface area (Å²) < 4.78 is 0. The molecule has 1 aliphatic rings. The smallest absolute Gasteiger partial charge is 0.250 e. The molecule has 0 radical (unpaired) electrons. The summed E-state index contributed by atoms with van der Waals surface area (Å²) in [7, 11) is 0. The molecule has 1 saturated heterocycles. The Balaban J connectivity index is 1.35. The summed E-state index contributed by atoms with van der Waals surface area (Å²) in [4.78, 5) is 49.4. The third-order valence-corrected chi connectivity index (χ3v) is 8.48. The first-order valence-electron chi connectivity index (χ1n) is 14.7. The Labute approximate surface area is 250 Å². The molecule has 4 aromatic carbocycles. The summed E-state index contributed by atoms with van der Waals surface area (Å²) >= 11 is 0. The zero-order valence-corrected chi connectivity index (χ0v) is 24.1. The highest BCUT2D eigenvalue weighted by Gasteiger charge is 2.43. The minimum atomic E-state index is -0.886. The molecule has 0 bridgehead atoms. The Hall–Kier alpha value is -5.04. The molecule has 3 atom stereocenters. The lowest BCUT2D eigenvalue weighted by atomic mass is 9.96. The van der Waals surface area contributed by atoms with E-state index >= 15 is 0 Å². The van der Waals surface area contributed by atoms with Crippen LogP contribution in [0.3, 0.4) is 0 Å². The Morgan fingerprint density at radius 2 is 1.65 bits per heavy atom. The second-order valence-electron chi connectivity index (χ2n) is 11.3. The number of benzene rings is 4. The van der Waals surface area contributed by atoms with Crippen molar-refractivity contribution in [3.63, 3.8) is 0 Å². The maximum absolute atomic E-state index is 14.5. The van der Waals surface area contributed by atoms with Crippen molar-refractivity contribution < 1.29 is 14.4 Å². The topological polar surface area (TPSA) is 96.6 Å². The van der Waals surface area contributed by atoms with Crippen molar-refractivity contribution in [1.82, 2.24) is 14.8 Å². The Morgan fingerprint density at radius 3 is 2.47 bits per heavy atom. The summed E-state index contributed by atoms with van der Waals surface area (Å²) in [5.41, 5.74) is 9.38. The van der Waals surface area contributed by atoms with Gasteiger partial charge in [0.25, 0.3) is 5.91 Å². The third-order valence-electron chi connectivity index (χ3n) is 8.48. The predicted molar refractivity (Wildman–Crippen MR) is 168 cm³/mol. The normalized spacial score (nSPS) is 18.0. The van der Waals surface area contributed by atoms with Gasteiger partial charge in [-0.3, -0.25) is 19.4 Å². The molecule has 43 heavy (non-hydrogen) atoms. The van der Waals surface area contributed by atoms with E-state index in [0.29, 0.717) is 18.5 Å². The Kier molecular flexibility index (Phi) is 7.88. The fourth-order valence-electron chi connectivity index (χ4n) is 6.29. The van der Waals surface area contributed by atoms with Gasteiger partial charge < -0.3 is 15.5 Å². The standard InChI is InChI=1S/C36H34N4O3/c1-24-18-20-39(32(35(37)42)23-28-13-7-12-26-9-5-6-15-30(26)28)36(43)34(27-10-3-2-4-11-27)40(24)33(41)22-25-16-17-31-29(21-25)14-8-19-38-31/h2-17,19,21,24,32,34H,18,20,22-23H2,1H3,(H2,37,42). The van der Waals surface area contributed by atoms with Crippen LogP contribution < -0.4 is 5.73 Å². The van der Waals surface area contributed by atoms with Crippen molar-refractivity contribution in [2.24, 2.45) is 5.73 Å². The molecule has 5 aromatic rings. The number of primary amides is 1. The van der Waals surface area contributed by atoms with Crippen LogP contribution in [0, 0.1) is 0 Å².